The van der Waals surface area contributed by atoms with Gasteiger partial charge >= 0.3 is 0 Å². The molecule has 0 radical (unpaired) electrons. The second-order valence-corrected chi connectivity index (χ2v) is 4.46. The molecule has 17 heavy (non-hydrogen) atoms. The first kappa shape index (κ1) is 12.1. The predicted octanol–water partition coefficient (Wildman–Crippen LogP) is 2.92. The molecule has 0 aliphatic heterocycles. The SMILES string of the molecule is CCn1cc(Oc2ccc(CN)cc2Br)cn1. The van der Waals surface area contributed by atoms with Crippen LogP contribution in [-0.2, 0) is 13.1 Å². The van der Waals surface area contributed by atoms with Crippen LogP contribution < -0.4 is 10.5 Å². The van der Waals surface area contributed by atoms with E-state index in [1.54, 1.807) is 6.20 Å². The molecule has 0 aliphatic carbocycles. The minimum absolute atomic E-state index is 0.520. The fraction of sp³-hybridized carbons (Fsp3) is 0.250. The van der Waals surface area contributed by atoms with E-state index >= 15 is 0 Å². The smallest absolute Gasteiger partial charge is 0.165 e. The van der Waals surface area contributed by atoms with Gasteiger partial charge in [0.1, 0.15) is 5.75 Å². The van der Waals surface area contributed by atoms with Gasteiger partial charge in [-0.15, -0.1) is 0 Å². The van der Waals surface area contributed by atoms with Crippen LogP contribution in [0.2, 0.25) is 0 Å². The zero-order chi connectivity index (χ0) is 12.3. The number of halogens is 1. The van der Waals surface area contributed by atoms with Gasteiger partial charge in [-0.2, -0.15) is 5.10 Å². The van der Waals surface area contributed by atoms with E-state index in [2.05, 4.69) is 21.0 Å². The molecule has 0 saturated heterocycles. The van der Waals surface area contributed by atoms with E-state index in [0.717, 1.165) is 28.1 Å². The van der Waals surface area contributed by atoms with Gasteiger partial charge in [0.25, 0.3) is 0 Å². The third-order valence-corrected chi connectivity index (χ3v) is 3.01. The van der Waals surface area contributed by atoms with Crippen molar-refractivity contribution in [2.75, 3.05) is 0 Å². The topological polar surface area (TPSA) is 53.1 Å². The van der Waals surface area contributed by atoms with Crippen LogP contribution in [0.5, 0.6) is 11.5 Å². The predicted molar refractivity (Wildman–Crippen MR) is 70.0 cm³/mol. The van der Waals surface area contributed by atoms with Crippen LogP contribution in [0.1, 0.15) is 12.5 Å². The number of nitrogens with zero attached hydrogens (tertiary/aromatic N) is 2. The van der Waals surface area contributed by atoms with Crippen LogP contribution in [-0.4, -0.2) is 9.78 Å². The van der Waals surface area contributed by atoms with Gasteiger partial charge in [0.15, 0.2) is 5.75 Å². The van der Waals surface area contributed by atoms with E-state index in [1.165, 1.54) is 0 Å². The Morgan fingerprint density at radius 2 is 2.29 bits per heavy atom. The van der Waals surface area contributed by atoms with E-state index in [-0.39, 0.29) is 0 Å². The molecule has 0 spiro atoms. The zero-order valence-corrected chi connectivity index (χ0v) is 11.1. The summed E-state index contributed by atoms with van der Waals surface area (Å²) in [5.74, 6) is 1.49. The molecule has 5 heteroatoms. The number of hydrogen-bond acceptors (Lipinski definition) is 3. The quantitative estimate of drug-likeness (QED) is 0.943. The van der Waals surface area contributed by atoms with Crippen molar-refractivity contribution in [3.63, 3.8) is 0 Å². The highest BCUT2D eigenvalue weighted by Crippen LogP contribution is 2.30. The van der Waals surface area contributed by atoms with Gasteiger partial charge in [0, 0.05) is 13.1 Å². The molecule has 1 aromatic heterocycles. The van der Waals surface area contributed by atoms with Gasteiger partial charge in [-0.05, 0) is 40.5 Å². The second kappa shape index (κ2) is 5.33. The van der Waals surface area contributed by atoms with Gasteiger partial charge in [-0.3, -0.25) is 4.68 Å². The lowest BCUT2D eigenvalue weighted by Gasteiger charge is -2.06. The van der Waals surface area contributed by atoms with Gasteiger partial charge in [-0.1, -0.05) is 6.07 Å². The highest BCUT2D eigenvalue weighted by atomic mass is 79.9. The average Bonchev–Trinajstić information content (AvgIpc) is 2.79. The lowest BCUT2D eigenvalue weighted by Crippen LogP contribution is -1.96. The molecule has 0 aliphatic rings. The Hall–Kier alpha value is -1.33. The second-order valence-electron chi connectivity index (χ2n) is 3.60. The first-order valence-corrected chi connectivity index (χ1v) is 6.21. The monoisotopic (exact) mass is 295 g/mol. The van der Waals surface area contributed by atoms with Crippen LogP contribution in [0, 0.1) is 0 Å². The van der Waals surface area contributed by atoms with E-state index < -0.39 is 0 Å². The molecule has 1 heterocycles. The van der Waals surface area contributed by atoms with Gasteiger partial charge in [-0.25, -0.2) is 0 Å². The third kappa shape index (κ3) is 2.87. The highest BCUT2D eigenvalue weighted by molar-refractivity contribution is 9.10. The van der Waals surface area contributed by atoms with Crippen LogP contribution in [0.3, 0.4) is 0 Å². The number of hydrogen-bond donors (Lipinski definition) is 1. The standard InChI is InChI=1S/C12H14BrN3O/c1-2-16-8-10(7-15-16)17-12-4-3-9(6-14)5-11(12)13/h3-5,7-8H,2,6,14H2,1H3. The summed E-state index contributed by atoms with van der Waals surface area (Å²) in [4.78, 5) is 0. The minimum Gasteiger partial charge on any atom is -0.453 e. The van der Waals surface area contributed by atoms with E-state index in [9.17, 15) is 0 Å². The molecule has 0 saturated carbocycles. The molecule has 2 rings (SSSR count). The maximum atomic E-state index is 5.72. The Bertz CT molecular complexity index is 510. The Balaban J connectivity index is 2.18. The van der Waals surface area contributed by atoms with Crippen LogP contribution in [0.4, 0.5) is 0 Å². The van der Waals surface area contributed by atoms with Crippen molar-refractivity contribution in [1.29, 1.82) is 0 Å². The van der Waals surface area contributed by atoms with E-state index in [0.29, 0.717) is 6.54 Å². The normalized spacial score (nSPS) is 10.5. The average molecular weight is 296 g/mol. The molecule has 4 nitrogen and oxygen atoms in total. The lowest BCUT2D eigenvalue weighted by atomic mass is 10.2. The molecule has 0 fully saturated rings. The van der Waals surface area contributed by atoms with Crippen LogP contribution in [0.15, 0.2) is 35.1 Å². The van der Waals surface area contributed by atoms with Crippen molar-refractivity contribution in [2.24, 2.45) is 5.73 Å². The van der Waals surface area contributed by atoms with Crippen molar-refractivity contribution >= 4 is 15.9 Å². The molecular weight excluding hydrogens is 282 g/mol. The maximum absolute atomic E-state index is 5.72. The summed E-state index contributed by atoms with van der Waals surface area (Å²) >= 11 is 3.46. The molecule has 2 aromatic rings. The number of aromatic nitrogens is 2. The number of aryl methyl sites for hydroxylation is 1. The van der Waals surface area contributed by atoms with Crippen molar-refractivity contribution in [1.82, 2.24) is 9.78 Å². The molecular formula is C12H14BrN3O. The van der Waals surface area contributed by atoms with E-state index in [1.807, 2.05) is 36.0 Å². The summed E-state index contributed by atoms with van der Waals surface area (Å²) in [5, 5.41) is 4.15. The minimum atomic E-state index is 0.520. The van der Waals surface area contributed by atoms with Crippen molar-refractivity contribution < 1.29 is 4.74 Å². The molecule has 0 bridgehead atoms. The number of ether oxygens (including phenoxy) is 1. The highest BCUT2D eigenvalue weighted by Gasteiger charge is 2.05. The third-order valence-electron chi connectivity index (χ3n) is 2.39. The van der Waals surface area contributed by atoms with Gasteiger partial charge in [0.2, 0.25) is 0 Å². The maximum Gasteiger partial charge on any atom is 0.165 e. The molecule has 0 amide bonds. The lowest BCUT2D eigenvalue weighted by molar-refractivity contribution is 0.478. The first-order chi connectivity index (χ1) is 8.22. The zero-order valence-electron chi connectivity index (χ0n) is 9.56. The largest absolute Gasteiger partial charge is 0.453 e. The first-order valence-electron chi connectivity index (χ1n) is 5.41. The van der Waals surface area contributed by atoms with Gasteiger partial charge < -0.3 is 10.5 Å². The number of nitrogens with two attached hydrogens (primary N) is 1. The molecule has 2 N–H and O–H groups in total. The Morgan fingerprint density at radius 1 is 1.47 bits per heavy atom. The molecule has 0 atom stereocenters. The summed E-state index contributed by atoms with van der Waals surface area (Å²) < 4.78 is 8.43. The van der Waals surface area contributed by atoms with Gasteiger partial charge in [0.05, 0.1) is 16.9 Å². The summed E-state index contributed by atoms with van der Waals surface area (Å²) in [6.07, 6.45) is 3.57. The Morgan fingerprint density at radius 3 is 2.88 bits per heavy atom. The number of benzene rings is 1. The molecule has 0 unspecified atom stereocenters. The summed E-state index contributed by atoms with van der Waals surface area (Å²) in [6.45, 7) is 3.38. The Labute approximate surface area is 109 Å². The fourth-order valence-electron chi connectivity index (χ4n) is 1.45. The van der Waals surface area contributed by atoms with Crippen molar-refractivity contribution in [3.05, 3.63) is 40.6 Å². The molecule has 90 valence electrons. The van der Waals surface area contributed by atoms with Crippen molar-refractivity contribution in [3.8, 4) is 11.5 Å². The summed E-state index contributed by atoms with van der Waals surface area (Å²) in [5.41, 5.74) is 6.63. The number of rotatable bonds is 4. The summed E-state index contributed by atoms with van der Waals surface area (Å²) in [6, 6.07) is 5.81. The van der Waals surface area contributed by atoms with Crippen LogP contribution >= 0.6 is 15.9 Å². The molecule has 1 aromatic carbocycles. The Kier molecular flexibility index (Phi) is 3.81. The van der Waals surface area contributed by atoms with E-state index in [4.69, 9.17) is 10.5 Å². The van der Waals surface area contributed by atoms with Crippen molar-refractivity contribution in [2.45, 2.75) is 20.0 Å². The summed E-state index contributed by atoms with van der Waals surface area (Å²) in [7, 11) is 0. The fourth-order valence-corrected chi connectivity index (χ4v) is 1.96. The van der Waals surface area contributed by atoms with Crippen LogP contribution in [0.25, 0.3) is 0 Å².